The van der Waals surface area contributed by atoms with Gasteiger partial charge >= 0.3 is 5.69 Å². The summed E-state index contributed by atoms with van der Waals surface area (Å²) in [5.74, 6) is 0.539. The largest absolute Gasteiger partial charge is 0.495 e. The first-order valence-corrected chi connectivity index (χ1v) is 8.36. The van der Waals surface area contributed by atoms with Gasteiger partial charge in [-0.25, -0.2) is 9.97 Å². The Morgan fingerprint density at radius 3 is 2.41 bits per heavy atom. The normalized spacial score (nSPS) is 10.3. The first-order chi connectivity index (χ1) is 13.0. The molecule has 0 bridgehead atoms. The number of para-hydroxylation sites is 2. The third-order valence-electron chi connectivity index (χ3n) is 3.55. The highest BCUT2D eigenvalue weighted by atomic mass is 35.5. The van der Waals surface area contributed by atoms with Crippen LogP contribution in [0.5, 0.6) is 5.75 Å². The van der Waals surface area contributed by atoms with E-state index in [-0.39, 0.29) is 17.3 Å². The van der Waals surface area contributed by atoms with Crippen LogP contribution in [0.3, 0.4) is 0 Å². The molecule has 2 N–H and O–H groups in total. The van der Waals surface area contributed by atoms with Crippen LogP contribution < -0.4 is 15.4 Å². The van der Waals surface area contributed by atoms with Crippen LogP contribution in [-0.2, 0) is 0 Å². The minimum absolute atomic E-state index is 0.00536. The number of hydrogen-bond donors (Lipinski definition) is 2. The summed E-state index contributed by atoms with van der Waals surface area (Å²) in [5, 5.41) is 18.1. The molecule has 0 spiro atoms. The zero-order valence-corrected chi connectivity index (χ0v) is 15.5. The first-order valence-electron chi connectivity index (χ1n) is 7.61. The Balaban J connectivity index is 1.99. The molecule has 1 aromatic heterocycles. The summed E-state index contributed by atoms with van der Waals surface area (Å²) in [4.78, 5) is 19.1. The van der Waals surface area contributed by atoms with E-state index in [9.17, 15) is 10.1 Å². The molecule has 8 nitrogen and oxygen atoms in total. The van der Waals surface area contributed by atoms with E-state index in [1.165, 1.54) is 13.4 Å². The lowest BCUT2D eigenvalue weighted by Gasteiger charge is -2.12. The zero-order chi connectivity index (χ0) is 19.4. The average molecular weight is 406 g/mol. The summed E-state index contributed by atoms with van der Waals surface area (Å²) >= 11 is 11.9. The van der Waals surface area contributed by atoms with Crippen molar-refractivity contribution in [3.63, 3.8) is 0 Å². The fourth-order valence-electron chi connectivity index (χ4n) is 2.32. The fraction of sp³-hybridized carbons (Fsp3) is 0.0588. The number of anilines is 4. The number of nitrogens with one attached hydrogen (secondary N) is 2. The molecule has 138 valence electrons. The van der Waals surface area contributed by atoms with Gasteiger partial charge in [-0.1, -0.05) is 35.3 Å². The number of rotatable bonds is 6. The fourth-order valence-corrected chi connectivity index (χ4v) is 2.62. The van der Waals surface area contributed by atoms with Crippen molar-refractivity contribution in [2.45, 2.75) is 0 Å². The van der Waals surface area contributed by atoms with E-state index in [1.54, 1.807) is 42.5 Å². The molecule has 2 aromatic carbocycles. The van der Waals surface area contributed by atoms with E-state index in [1.807, 2.05) is 0 Å². The number of nitrogens with zero attached hydrogens (tertiary/aromatic N) is 3. The minimum atomic E-state index is -0.572. The number of benzene rings is 2. The highest BCUT2D eigenvalue weighted by Gasteiger charge is 2.24. The van der Waals surface area contributed by atoms with Crippen LogP contribution in [0.2, 0.25) is 10.0 Å². The van der Waals surface area contributed by atoms with Crippen LogP contribution in [-0.4, -0.2) is 22.0 Å². The minimum Gasteiger partial charge on any atom is -0.495 e. The molecular formula is C17H13Cl2N5O3. The lowest BCUT2D eigenvalue weighted by Crippen LogP contribution is -2.06. The standard InChI is InChI=1S/C17H13Cl2N5O3/c1-27-14-5-3-2-4-13(14)23-17-15(24(25)26)16(20-9-21-17)22-10-6-7-11(18)12(19)8-10/h2-9H,1H3,(H2,20,21,22,23). The van der Waals surface area contributed by atoms with Gasteiger partial charge in [0.25, 0.3) is 0 Å². The molecule has 0 unspecified atom stereocenters. The van der Waals surface area contributed by atoms with E-state index in [4.69, 9.17) is 27.9 Å². The molecule has 0 fully saturated rings. The molecule has 0 amide bonds. The zero-order valence-electron chi connectivity index (χ0n) is 13.9. The van der Waals surface area contributed by atoms with Crippen molar-refractivity contribution in [3.05, 3.63) is 69.0 Å². The Morgan fingerprint density at radius 2 is 1.74 bits per heavy atom. The maximum atomic E-state index is 11.7. The lowest BCUT2D eigenvalue weighted by molar-refractivity contribution is -0.383. The van der Waals surface area contributed by atoms with E-state index in [0.717, 1.165) is 0 Å². The van der Waals surface area contributed by atoms with Gasteiger partial charge in [-0.2, -0.15) is 0 Å². The topological polar surface area (TPSA) is 102 Å². The summed E-state index contributed by atoms with van der Waals surface area (Å²) in [6.45, 7) is 0. The van der Waals surface area contributed by atoms with Crippen molar-refractivity contribution < 1.29 is 9.66 Å². The second-order valence-corrected chi connectivity index (χ2v) is 6.07. The number of methoxy groups -OCH3 is 1. The van der Waals surface area contributed by atoms with Crippen LogP contribution >= 0.6 is 23.2 Å². The molecule has 0 aliphatic carbocycles. The van der Waals surface area contributed by atoms with Gasteiger partial charge < -0.3 is 15.4 Å². The SMILES string of the molecule is COc1ccccc1Nc1ncnc(Nc2ccc(Cl)c(Cl)c2)c1[N+](=O)[O-]. The van der Waals surface area contributed by atoms with Crippen molar-refractivity contribution >= 4 is 51.9 Å². The first kappa shape index (κ1) is 18.7. The van der Waals surface area contributed by atoms with Gasteiger partial charge in [0.1, 0.15) is 12.1 Å². The molecule has 10 heteroatoms. The molecule has 0 aliphatic heterocycles. The van der Waals surface area contributed by atoms with Gasteiger partial charge in [0.2, 0.25) is 11.6 Å². The van der Waals surface area contributed by atoms with Crippen LogP contribution in [0.25, 0.3) is 0 Å². The Morgan fingerprint density at radius 1 is 1.04 bits per heavy atom. The van der Waals surface area contributed by atoms with Crippen molar-refractivity contribution in [2.75, 3.05) is 17.7 Å². The molecular weight excluding hydrogens is 393 g/mol. The summed E-state index contributed by atoms with van der Waals surface area (Å²) < 4.78 is 5.25. The average Bonchev–Trinajstić information content (AvgIpc) is 2.65. The van der Waals surface area contributed by atoms with E-state index < -0.39 is 4.92 Å². The van der Waals surface area contributed by atoms with E-state index in [0.29, 0.717) is 27.2 Å². The quantitative estimate of drug-likeness (QED) is 0.429. The Kier molecular flexibility index (Phi) is 5.58. The third kappa shape index (κ3) is 4.18. The second-order valence-electron chi connectivity index (χ2n) is 5.26. The number of ether oxygens (including phenoxy) is 1. The van der Waals surface area contributed by atoms with Gasteiger partial charge in [0, 0.05) is 5.69 Å². The van der Waals surface area contributed by atoms with Crippen molar-refractivity contribution in [2.24, 2.45) is 0 Å². The summed E-state index contributed by atoms with van der Waals surface area (Å²) in [7, 11) is 1.51. The molecule has 27 heavy (non-hydrogen) atoms. The maximum absolute atomic E-state index is 11.7. The second kappa shape index (κ2) is 8.07. The van der Waals surface area contributed by atoms with Gasteiger partial charge in [0.05, 0.1) is 27.8 Å². The van der Waals surface area contributed by atoms with Crippen LogP contribution in [0.1, 0.15) is 0 Å². The van der Waals surface area contributed by atoms with Crippen molar-refractivity contribution in [1.82, 2.24) is 9.97 Å². The Hall–Kier alpha value is -3.10. The van der Waals surface area contributed by atoms with E-state index >= 15 is 0 Å². The number of halogens is 2. The van der Waals surface area contributed by atoms with Crippen LogP contribution in [0, 0.1) is 10.1 Å². The molecule has 3 aromatic rings. The van der Waals surface area contributed by atoms with Crippen molar-refractivity contribution in [1.29, 1.82) is 0 Å². The lowest BCUT2D eigenvalue weighted by atomic mass is 10.2. The van der Waals surface area contributed by atoms with Gasteiger partial charge in [-0.3, -0.25) is 10.1 Å². The highest BCUT2D eigenvalue weighted by Crippen LogP contribution is 2.36. The molecule has 0 aliphatic rings. The maximum Gasteiger partial charge on any atom is 0.353 e. The van der Waals surface area contributed by atoms with Crippen LogP contribution in [0.4, 0.5) is 28.7 Å². The summed E-state index contributed by atoms with van der Waals surface area (Å²) in [6, 6.07) is 11.8. The van der Waals surface area contributed by atoms with Gasteiger partial charge in [-0.05, 0) is 30.3 Å². The monoisotopic (exact) mass is 405 g/mol. The van der Waals surface area contributed by atoms with Crippen LogP contribution in [0.15, 0.2) is 48.8 Å². The Bertz CT molecular complexity index is 1000. The summed E-state index contributed by atoms with van der Waals surface area (Å²) in [5.41, 5.74) is 0.700. The summed E-state index contributed by atoms with van der Waals surface area (Å²) in [6.07, 6.45) is 1.21. The van der Waals surface area contributed by atoms with E-state index in [2.05, 4.69) is 20.6 Å². The highest BCUT2D eigenvalue weighted by molar-refractivity contribution is 6.42. The number of nitro groups is 1. The number of hydrogen-bond acceptors (Lipinski definition) is 7. The Labute approximate surface area is 164 Å². The predicted molar refractivity (Wildman–Crippen MR) is 105 cm³/mol. The van der Waals surface area contributed by atoms with Gasteiger partial charge in [0.15, 0.2) is 0 Å². The molecule has 0 saturated carbocycles. The molecule has 3 rings (SSSR count). The molecule has 0 saturated heterocycles. The number of aromatic nitrogens is 2. The molecule has 0 atom stereocenters. The molecule has 0 radical (unpaired) electrons. The van der Waals surface area contributed by atoms with Gasteiger partial charge in [-0.15, -0.1) is 0 Å². The molecule has 1 heterocycles. The predicted octanol–water partition coefficient (Wildman–Crippen LogP) is 5.19. The smallest absolute Gasteiger partial charge is 0.353 e. The third-order valence-corrected chi connectivity index (χ3v) is 4.29. The van der Waals surface area contributed by atoms with Crippen molar-refractivity contribution in [3.8, 4) is 5.75 Å².